The van der Waals surface area contributed by atoms with E-state index in [-0.39, 0.29) is 0 Å². The Morgan fingerprint density at radius 3 is 3.08 bits per heavy atom. The lowest BCUT2D eigenvalue weighted by atomic mass is 10.2. The molecule has 4 nitrogen and oxygen atoms in total. The molecule has 1 saturated carbocycles. The second-order valence-corrected chi connectivity index (χ2v) is 3.72. The molecule has 0 aromatic carbocycles. The molecule has 13 heavy (non-hydrogen) atoms. The molecule has 0 spiro atoms. The van der Waals surface area contributed by atoms with Gasteiger partial charge in [0.05, 0.1) is 5.69 Å². The Kier molecular flexibility index (Phi) is 2.59. The first-order valence-corrected chi connectivity index (χ1v) is 4.93. The van der Waals surface area contributed by atoms with E-state index < -0.39 is 0 Å². The Bertz CT molecular complexity index is 264. The highest BCUT2D eigenvalue weighted by Crippen LogP contribution is 2.18. The van der Waals surface area contributed by atoms with Gasteiger partial charge in [-0.25, -0.2) is 0 Å². The molecule has 2 rings (SSSR count). The molecule has 1 aromatic heterocycles. The van der Waals surface area contributed by atoms with E-state index in [0.717, 1.165) is 31.1 Å². The Morgan fingerprint density at radius 2 is 2.46 bits per heavy atom. The van der Waals surface area contributed by atoms with Gasteiger partial charge in [0.1, 0.15) is 0 Å². The van der Waals surface area contributed by atoms with E-state index in [4.69, 9.17) is 0 Å². The third kappa shape index (κ3) is 2.81. The van der Waals surface area contributed by atoms with E-state index in [0.29, 0.717) is 0 Å². The fraction of sp³-hybridized carbons (Fsp3) is 0.778. The number of hydrogen-bond acceptors (Lipinski definition) is 3. The third-order valence-corrected chi connectivity index (χ3v) is 2.27. The topological polar surface area (TPSA) is 42.7 Å². The highest BCUT2D eigenvalue weighted by molar-refractivity contribution is 4.92. The molecule has 0 radical (unpaired) electrons. The second-order valence-electron chi connectivity index (χ2n) is 3.72. The lowest BCUT2D eigenvalue weighted by Crippen LogP contribution is -2.17. The molecule has 0 saturated heterocycles. The Balaban J connectivity index is 1.61. The third-order valence-electron chi connectivity index (χ3n) is 2.27. The summed E-state index contributed by atoms with van der Waals surface area (Å²) in [6, 6.07) is 0.821. The summed E-state index contributed by atoms with van der Waals surface area (Å²) in [4.78, 5) is 0. The molecule has 0 aliphatic heterocycles. The molecule has 0 bridgehead atoms. The maximum Gasteiger partial charge on any atom is 0.0827 e. The molecule has 1 aliphatic carbocycles. The van der Waals surface area contributed by atoms with E-state index >= 15 is 0 Å². The maximum atomic E-state index is 4.03. The van der Waals surface area contributed by atoms with Crippen molar-refractivity contribution in [2.45, 2.75) is 31.7 Å². The van der Waals surface area contributed by atoms with Crippen LogP contribution in [0, 0.1) is 0 Å². The smallest absolute Gasteiger partial charge is 0.0827 e. The molecule has 1 fully saturated rings. The minimum Gasteiger partial charge on any atom is -0.314 e. The summed E-state index contributed by atoms with van der Waals surface area (Å²) in [5.41, 5.74) is 1.10. The summed E-state index contributed by atoms with van der Waals surface area (Å²) in [6.45, 7) is 1.11. The van der Waals surface area contributed by atoms with Crippen LogP contribution in [-0.2, 0) is 13.5 Å². The number of rotatable bonds is 5. The first-order valence-electron chi connectivity index (χ1n) is 4.93. The lowest BCUT2D eigenvalue weighted by molar-refractivity contribution is 0.640. The second kappa shape index (κ2) is 3.87. The van der Waals surface area contributed by atoms with Crippen LogP contribution in [0.5, 0.6) is 0 Å². The van der Waals surface area contributed by atoms with Gasteiger partial charge in [0.25, 0.3) is 0 Å². The number of nitrogens with one attached hydrogen (secondary N) is 1. The van der Waals surface area contributed by atoms with Gasteiger partial charge in [0.15, 0.2) is 0 Å². The highest BCUT2D eigenvalue weighted by Gasteiger charge is 2.19. The van der Waals surface area contributed by atoms with Crippen LogP contribution in [0.1, 0.15) is 25.0 Å². The fourth-order valence-electron chi connectivity index (χ4n) is 1.37. The molecule has 4 heteroatoms. The Hall–Kier alpha value is -0.900. The molecule has 1 aromatic rings. The average molecular weight is 180 g/mol. The monoisotopic (exact) mass is 180 g/mol. The van der Waals surface area contributed by atoms with Crippen LogP contribution in [-0.4, -0.2) is 27.6 Å². The summed E-state index contributed by atoms with van der Waals surface area (Å²) in [6.07, 6.45) is 6.91. The SMILES string of the molecule is Cn1cc(CCCNC2CC2)nn1. The largest absolute Gasteiger partial charge is 0.314 e. The predicted molar refractivity (Wildman–Crippen MR) is 50.3 cm³/mol. The van der Waals surface area contributed by atoms with E-state index in [1.54, 1.807) is 4.68 Å². The average Bonchev–Trinajstić information content (AvgIpc) is 2.84. The van der Waals surface area contributed by atoms with Crippen molar-refractivity contribution in [3.05, 3.63) is 11.9 Å². The minimum absolute atomic E-state index is 0.821. The van der Waals surface area contributed by atoms with E-state index in [1.165, 1.54) is 12.8 Å². The Labute approximate surface area is 78.3 Å². The fourth-order valence-corrected chi connectivity index (χ4v) is 1.37. The summed E-state index contributed by atoms with van der Waals surface area (Å²) < 4.78 is 1.75. The lowest BCUT2D eigenvalue weighted by Gasteiger charge is -1.99. The van der Waals surface area contributed by atoms with Crippen LogP contribution in [0.25, 0.3) is 0 Å². The van der Waals surface area contributed by atoms with Crippen LogP contribution in [0.15, 0.2) is 6.20 Å². The number of aromatic nitrogens is 3. The van der Waals surface area contributed by atoms with Crippen molar-refractivity contribution in [1.29, 1.82) is 0 Å². The van der Waals surface area contributed by atoms with Gasteiger partial charge in [-0.2, -0.15) is 0 Å². The molecule has 72 valence electrons. The zero-order chi connectivity index (χ0) is 9.10. The number of nitrogens with zero attached hydrogens (tertiary/aromatic N) is 3. The van der Waals surface area contributed by atoms with Crippen molar-refractivity contribution in [2.75, 3.05) is 6.54 Å². The van der Waals surface area contributed by atoms with Crippen LogP contribution in [0.4, 0.5) is 0 Å². The van der Waals surface area contributed by atoms with E-state index in [9.17, 15) is 0 Å². The summed E-state index contributed by atoms with van der Waals surface area (Å²) in [5.74, 6) is 0. The van der Waals surface area contributed by atoms with Gasteiger partial charge in [-0.05, 0) is 32.2 Å². The molecule has 1 heterocycles. The number of hydrogen-bond donors (Lipinski definition) is 1. The van der Waals surface area contributed by atoms with Crippen LogP contribution < -0.4 is 5.32 Å². The molecular formula is C9H16N4. The van der Waals surface area contributed by atoms with Crippen molar-refractivity contribution < 1.29 is 0 Å². The zero-order valence-electron chi connectivity index (χ0n) is 8.03. The Morgan fingerprint density at radius 1 is 1.62 bits per heavy atom. The van der Waals surface area contributed by atoms with E-state index in [2.05, 4.69) is 15.6 Å². The first kappa shape index (κ1) is 8.69. The van der Waals surface area contributed by atoms with Crippen molar-refractivity contribution in [3.8, 4) is 0 Å². The van der Waals surface area contributed by atoms with Crippen molar-refractivity contribution in [3.63, 3.8) is 0 Å². The van der Waals surface area contributed by atoms with Gasteiger partial charge in [-0.1, -0.05) is 5.21 Å². The molecule has 1 N–H and O–H groups in total. The van der Waals surface area contributed by atoms with Gasteiger partial charge >= 0.3 is 0 Å². The minimum atomic E-state index is 0.821. The predicted octanol–water partition coefficient (Wildman–Crippen LogP) is 0.500. The van der Waals surface area contributed by atoms with E-state index in [1.807, 2.05) is 13.2 Å². The highest BCUT2D eigenvalue weighted by atomic mass is 15.4. The molecule has 0 amide bonds. The van der Waals surface area contributed by atoms with Crippen molar-refractivity contribution in [1.82, 2.24) is 20.3 Å². The molecule has 0 atom stereocenters. The standard InChI is InChI=1S/C9H16N4/c1-13-7-9(11-12-13)3-2-6-10-8-4-5-8/h7-8,10H,2-6H2,1H3. The van der Waals surface area contributed by atoms with Crippen molar-refractivity contribution in [2.24, 2.45) is 7.05 Å². The summed E-state index contributed by atoms with van der Waals surface area (Å²) in [7, 11) is 1.90. The van der Waals surface area contributed by atoms with Crippen LogP contribution in [0.2, 0.25) is 0 Å². The normalized spacial score (nSPS) is 16.4. The van der Waals surface area contributed by atoms with Gasteiger partial charge in [-0.3, -0.25) is 4.68 Å². The van der Waals surface area contributed by atoms with Gasteiger partial charge < -0.3 is 5.32 Å². The summed E-state index contributed by atoms with van der Waals surface area (Å²) in [5, 5.41) is 11.4. The molecule has 0 unspecified atom stereocenters. The first-order chi connectivity index (χ1) is 6.34. The zero-order valence-corrected chi connectivity index (χ0v) is 8.03. The van der Waals surface area contributed by atoms with Gasteiger partial charge in [0, 0.05) is 19.3 Å². The summed E-state index contributed by atoms with van der Waals surface area (Å²) >= 11 is 0. The molecular weight excluding hydrogens is 164 g/mol. The van der Waals surface area contributed by atoms with Gasteiger partial charge in [0.2, 0.25) is 0 Å². The number of aryl methyl sites for hydroxylation is 2. The van der Waals surface area contributed by atoms with Crippen LogP contribution in [0.3, 0.4) is 0 Å². The van der Waals surface area contributed by atoms with Gasteiger partial charge in [-0.15, -0.1) is 5.10 Å². The van der Waals surface area contributed by atoms with Crippen LogP contribution >= 0.6 is 0 Å². The quantitative estimate of drug-likeness (QED) is 0.671. The molecule has 1 aliphatic rings. The van der Waals surface area contributed by atoms with Crippen molar-refractivity contribution >= 4 is 0 Å². The maximum absolute atomic E-state index is 4.03.